The van der Waals surface area contributed by atoms with Crippen molar-refractivity contribution in [2.45, 2.75) is 19.6 Å². The predicted molar refractivity (Wildman–Crippen MR) is 60.4 cm³/mol. The van der Waals surface area contributed by atoms with Gasteiger partial charge in [-0.25, -0.2) is 0 Å². The van der Waals surface area contributed by atoms with Crippen molar-refractivity contribution in [1.29, 1.82) is 0 Å². The Balaban J connectivity index is 0.00000144. The van der Waals surface area contributed by atoms with E-state index in [9.17, 15) is 0 Å². The molecule has 0 aliphatic carbocycles. The van der Waals surface area contributed by atoms with Crippen LogP contribution in [-0.4, -0.2) is 8.32 Å². The van der Waals surface area contributed by atoms with Gasteiger partial charge in [-0.2, -0.15) is 0 Å². The third-order valence-corrected chi connectivity index (χ3v) is 3.18. The third kappa shape index (κ3) is 5.61. The summed E-state index contributed by atoms with van der Waals surface area (Å²) in [7, 11) is -1.41. The van der Waals surface area contributed by atoms with Gasteiger partial charge in [0.25, 0.3) is 0 Å². The molecule has 0 spiro atoms. The molecule has 0 saturated carbocycles. The minimum atomic E-state index is -1.41. The number of hydrogen-bond donors (Lipinski definition) is 0. The van der Waals surface area contributed by atoms with Gasteiger partial charge < -0.3 is 0 Å². The summed E-state index contributed by atoms with van der Waals surface area (Å²) in [6.45, 7) is 6.59. The molecule has 1 rings (SSSR count). The van der Waals surface area contributed by atoms with Crippen molar-refractivity contribution in [3.63, 3.8) is 0 Å². The van der Waals surface area contributed by atoms with Crippen LogP contribution in [0.2, 0.25) is 19.6 Å². The van der Waals surface area contributed by atoms with Crippen LogP contribution in [0, 0.1) is 0 Å². The van der Waals surface area contributed by atoms with Crippen LogP contribution >= 0.6 is 17.0 Å². The second-order valence-electron chi connectivity index (χ2n) is 3.86. The molecule has 0 N–H and O–H groups in total. The molecule has 0 heterocycles. The Bertz CT molecular complexity index is 255. The number of rotatable bonds is 2. The molecule has 0 aliphatic rings. The Morgan fingerprint density at radius 2 is 1.54 bits per heavy atom. The second kappa shape index (κ2) is 5.28. The Hall–Kier alpha value is 0.340. The van der Waals surface area contributed by atoms with E-state index in [0.29, 0.717) is 0 Å². The number of benzene rings is 1. The summed E-state index contributed by atoms with van der Waals surface area (Å²) in [5.41, 5.74) is 0. The maximum absolute atomic E-state index is 5.81. The minimum absolute atomic E-state index is 0. The summed E-state index contributed by atoms with van der Waals surface area (Å²) in [6.07, 6.45) is 0. The number of halogens is 1. The van der Waals surface area contributed by atoms with Gasteiger partial charge in [0, 0.05) is 0 Å². The topological polar surface area (TPSA) is 9.23 Å². The molecule has 4 heteroatoms. The zero-order valence-electron chi connectivity index (χ0n) is 8.33. The van der Waals surface area contributed by atoms with Crippen LogP contribution in [-0.2, 0) is 18.3 Å². The molecule has 0 aromatic heterocycles. The predicted octanol–water partition coefficient (Wildman–Crippen LogP) is 2.65. The first-order valence-corrected chi connectivity index (χ1v) is 8.97. The summed E-state index contributed by atoms with van der Waals surface area (Å²) in [5.74, 6) is 1.02. The van der Waals surface area contributed by atoms with Gasteiger partial charge in [-0.3, -0.25) is 0 Å². The van der Waals surface area contributed by atoms with Crippen molar-refractivity contribution >= 4 is 29.5 Å². The first kappa shape index (κ1) is 13.3. The van der Waals surface area contributed by atoms with Crippen LogP contribution in [0.3, 0.4) is 0 Å². The summed E-state index contributed by atoms with van der Waals surface area (Å²) in [6, 6.07) is 8.40. The van der Waals surface area contributed by atoms with Crippen molar-refractivity contribution in [3.8, 4) is 5.75 Å². The third-order valence-electron chi connectivity index (χ3n) is 1.35. The molecule has 0 saturated heterocycles. The average Bonchev–Trinajstić information content (AvgIpc) is 1.91. The molecule has 1 nitrogen and oxygen atoms in total. The van der Waals surface area contributed by atoms with Crippen LogP contribution in [0.25, 0.3) is 0 Å². The van der Waals surface area contributed by atoms with E-state index >= 15 is 0 Å². The first-order chi connectivity index (χ1) is 5.47. The molecule has 1 aromatic carbocycles. The van der Waals surface area contributed by atoms with E-state index in [1.807, 2.05) is 0 Å². The standard InChI is InChI=1S/C9H13OSi.BrH.Zn/c1-11(2,3)10-9-7-5-4-6-8-9;;/h5-8H,1-3H3;1H;. The fourth-order valence-electron chi connectivity index (χ4n) is 0.911. The number of hydrogen-bond acceptors (Lipinski definition) is 1. The van der Waals surface area contributed by atoms with E-state index in [-0.39, 0.29) is 17.0 Å². The van der Waals surface area contributed by atoms with Gasteiger partial charge in [0.1, 0.15) is 0 Å². The van der Waals surface area contributed by atoms with Crippen molar-refractivity contribution < 1.29 is 22.7 Å². The molecular weight excluding hydrogens is 297 g/mol. The van der Waals surface area contributed by atoms with E-state index in [2.05, 4.69) is 43.9 Å². The molecule has 0 aliphatic heterocycles. The van der Waals surface area contributed by atoms with Crippen LogP contribution in [0.5, 0.6) is 5.75 Å². The van der Waals surface area contributed by atoms with Crippen LogP contribution < -0.4 is 8.58 Å². The molecule has 0 fully saturated rings. The van der Waals surface area contributed by atoms with Crippen molar-refractivity contribution in [2.75, 3.05) is 0 Å². The summed E-state index contributed by atoms with van der Waals surface area (Å²) in [4.78, 5) is 0. The SMILES string of the molecule is Br.C[Si](C)(C)Oc1cc[c]([Zn])cc1. The van der Waals surface area contributed by atoms with Crippen LogP contribution in [0.4, 0.5) is 0 Å². The van der Waals surface area contributed by atoms with Crippen LogP contribution in [0.1, 0.15) is 0 Å². The molecule has 13 heavy (non-hydrogen) atoms. The molecule has 0 unspecified atom stereocenters. The molecule has 0 bridgehead atoms. The van der Waals surface area contributed by atoms with Gasteiger partial charge in [-0.05, 0) is 0 Å². The van der Waals surface area contributed by atoms with E-state index < -0.39 is 8.32 Å². The van der Waals surface area contributed by atoms with E-state index in [4.69, 9.17) is 4.43 Å². The van der Waals surface area contributed by atoms with Crippen molar-refractivity contribution in [1.82, 2.24) is 0 Å². The van der Waals surface area contributed by atoms with E-state index in [0.717, 1.165) is 5.75 Å². The summed E-state index contributed by atoms with van der Waals surface area (Å²) < 4.78 is 7.21. The van der Waals surface area contributed by atoms with Crippen molar-refractivity contribution in [2.24, 2.45) is 0 Å². The summed E-state index contributed by atoms with van der Waals surface area (Å²) >= 11 is 1.22. The molecule has 1 aromatic rings. The van der Waals surface area contributed by atoms with Gasteiger partial charge in [0.15, 0.2) is 0 Å². The normalized spacial score (nSPS) is 10.5. The van der Waals surface area contributed by atoms with Crippen LogP contribution in [0.15, 0.2) is 24.3 Å². The van der Waals surface area contributed by atoms with Crippen molar-refractivity contribution in [3.05, 3.63) is 24.3 Å². The monoisotopic (exact) mass is 309 g/mol. The second-order valence-corrected chi connectivity index (χ2v) is 10.0. The Morgan fingerprint density at radius 1 is 1.08 bits per heavy atom. The fraction of sp³-hybridized carbons (Fsp3) is 0.333. The molecule has 0 atom stereocenters. The Labute approximate surface area is 101 Å². The van der Waals surface area contributed by atoms with Gasteiger partial charge in [-0.15, -0.1) is 17.0 Å². The maximum atomic E-state index is 5.81. The Morgan fingerprint density at radius 3 is 1.92 bits per heavy atom. The van der Waals surface area contributed by atoms with Gasteiger partial charge in [0.05, 0.1) is 0 Å². The van der Waals surface area contributed by atoms with Gasteiger partial charge in [-0.1, -0.05) is 0 Å². The fourth-order valence-corrected chi connectivity index (χ4v) is 2.25. The first-order valence-electron chi connectivity index (χ1n) is 4.08. The molecule has 0 radical (unpaired) electrons. The average molecular weight is 312 g/mol. The molecule has 69 valence electrons. The van der Waals surface area contributed by atoms with E-state index in [1.165, 1.54) is 22.5 Å². The Kier molecular flexibility index (Phi) is 5.42. The molecular formula is C9H14BrOSiZn. The van der Waals surface area contributed by atoms with Gasteiger partial charge >= 0.3 is 84.9 Å². The quantitative estimate of drug-likeness (QED) is 0.763. The zero-order valence-corrected chi connectivity index (χ0v) is 14.0. The van der Waals surface area contributed by atoms with E-state index in [1.54, 1.807) is 0 Å². The van der Waals surface area contributed by atoms with Gasteiger partial charge in [0.2, 0.25) is 0 Å². The summed E-state index contributed by atoms with van der Waals surface area (Å²) in [5, 5.41) is 0. The molecule has 0 amide bonds. The zero-order chi connectivity index (χ0) is 9.19.